The lowest BCUT2D eigenvalue weighted by atomic mass is 10.2. The zero-order chi connectivity index (χ0) is 15.1. The van der Waals surface area contributed by atoms with E-state index in [4.69, 9.17) is 28.9 Å². The van der Waals surface area contributed by atoms with Gasteiger partial charge in [-0.3, -0.25) is 4.79 Å². The molecule has 20 heavy (non-hydrogen) atoms. The highest BCUT2D eigenvalue weighted by Crippen LogP contribution is 2.32. The third-order valence-electron chi connectivity index (χ3n) is 2.92. The Bertz CT molecular complexity index is 445. The molecular weight excluding hydrogens is 315 g/mol. The Morgan fingerprint density at radius 2 is 2.15 bits per heavy atom. The molecule has 0 aliphatic carbocycles. The lowest BCUT2D eigenvalue weighted by Gasteiger charge is -2.11. The van der Waals surface area contributed by atoms with Crippen molar-refractivity contribution in [3.05, 3.63) is 22.2 Å². The van der Waals surface area contributed by atoms with Gasteiger partial charge in [-0.1, -0.05) is 43.5 Å². The van der Waals surface area contributed by atoms with Gasteiger partial charge >= 0.3 is 0 Å². The molecule has 6 heteroatoms. The summed E-state index contributed by atoms with van der Waals surface area (Å²) in [5, 5.41) is 3.55. The second kappa shape index (κ2) is 8.65. The number of anilines is 2. The lowest BCUT2D eigenvalue weighted by molar-refractivity contribution is -0.115. The van der Waals surface area contributed by atoms with E-state index in [0.717, 1.165) is 17.9 Å². The van der Waals surface area contributed by atoms with Crippen LogP contribution in [0, 0.1) is 5.92 Å². The molecule has 0 aliphatic heterocycles. The van der Waals surface area contributed by atoms with Crippen LogP contribution in [-0.2, 0) is 4.79 Å². The molecule has 1 amide bonds. The van der Waals surface area contributed by atoms with Gasteiger partial charge in [-0.2, -0.15) is 11.8 Å². The van der Waals surface area contributed by atoms with Crippen LogP contribution >= 0.6 is 35.0 Å². The summed E-state index contributed by atoms with van der Waals surface area (Å²) in [7, 11) is 0. The quantitative estimate of drug-likeness (QED) is 0.562. The Morgan fingerprint density at radius 1 is 1.45 bits per heavy atom. The van der Waals surface area contributed by atoms with Crippen LogP contribution in [0.15, 0.2) is 12.1 Å². The van der Waals surface area contributed by atoms with Crippen LogP contribution in [-0.4, -0.2) is 17.4 Å². The molecule has 3 nitrogen and oxygen atoms in total. The first-order valence-electron chi connectivity index (χ1n) is 6.56. The number of amides is 1. The highest BCUT2D eigenvalue weighted by molar-refractivity contribution is 7.99. The van der Waals surface area contributed by atoms with Crippen LogP contribution in [0.2, 0.25) is 10.0 Å². The molecule has 0 heterocycles. The van der Waals surface area contributed by atoms with Crippen molar-refractivity contribution in [1.29, 1.82) is 0 Å². The van der Waals surface area contributed by atoms with E-state index in [-0.39, 0.29) is 5.91 Å². The van der Waals surface area contributed by atoms with Gasteiger partial charge in [0.1, 0.15) is 0 Å². The van der Waals surface area contributed by atoms with Crippen LogP contribution in [0.3, 0.4) is 0 Å². The van der Waals surface area contributed by atoms with Gasteiger partial charge in [0.05, 0.1) is 16.4 Å². The molecule has 0 saturated carbocycles. The number of carbonyl (C=O) groups is 1. The first-order chi connectivity index (χ1) is 9.43. The third kappa shape index (κ3) is 5.81. The van der Waals surface area contributed by atoms with Crippen molar-refractivity contribution in [1.82, 2.24) is 0 Å². The van der Waals surface area contributed by atoms with Gasteiger partial charge in [0.15, 0.2) is 0 Å². The average Bonchev–Trinajstić information content (AvgIpc) is 2.38. The van der Waals surface area contributed by atoms with E-state index < -0.39 is 0 Å². The normalized spacial score (nSPS) is 12.2. The second-order valence-electron chi connectivity index (χ2n) is 4.74. The summed E-state index contributed by atoms with van der Waals surface area (Å²) < 4.78 is 0. The molecule has 1 atom stereocenters. The van der Waals surface area contributed by atoms with Gasteiger partial charge in [0.2, 0.25) is 5.91 Å². The number of nitrogens with one attached hydrogen (secondary N) is 1. The largest absolute Gasteiger partial charge is 0.397 e. The van der Waals surface area contributed by atoms with Crippen LogP contribution in [0.4, 0.5) is 11.4 Å². The summed E-state index contributed by atoms with van der Waals surface area (Å²) >= 11 is 13.6. The first kappa shape index (κ1) is 17.5. The maximum absolute atomic E-state index is 11.8. The molecule has 112 valence electrons. The zero-order valence-electron chi connectivity index (χ0n) is 11.7. The van der Waals surface area contributed by atoms with E-state index in [9.17, 15) is 4.79 Å². The number of nitrogens with two attached hydrogens (primary N) is 1. The molecule has 3 N–H and O–H groups in total. The summed E-state index contributed by atoms with van der Waals surface area (Å²) in [5.74, 6) is 2.47. The molecule has 1 rings (SSSR count). The van der Waals surface area contributed by atoms with E-state index in [1.807, 2.05) is 0 Å². The predicted octanol–water partition coefficient (Wildman–Crippen LogP) is 4.68. The van der Waals surface area contributed by atoms with Gasteiger partial charge in [-0.15, -0.1) is 0 Å². The van der Waals surface area contributed by atoms with Crippen molar-refractivity contribution in [3.8, 4) is 0 Å². The Labute approximate surface area is 134 Å². The van der Waals surface area contributed by atoms with Crippen molar-refractivity contribution in [2.24, 2.45) is 5.92 Å². The van der Waals surface area contributed by atoms with Crippen LogP contribution < -0.4 is 11.1 Å². The summed E-state index contributed by atoms with van der Waals surface area (Å²) in [6.07, 6.45) is 1.61. The number of carbonyl (C=O) groups excluding carboxylic acids is 1. The van der Waals surface area contributed by atoms with Gasteiger partial charge in [-0.05, 0) is 23.8 Å². The number of halogens is 2. The van der Waals surface area contributed by atoms with Crippen molar-refractivity contribution >= 4 is 52.2 Å². The predicted molar refractivity (Wildman–Crippen MR) is 90.9 cm³/mol. The minimum Gasteiger partial charge on any atom is -0.397 e. The SMILES string of the molecule is CCC(C)CSCCC(=O)Nc1c(N)cc(Cl)cc1Cl. The molecular formula is C14H20Cl2N2OS. The Hall–Kier alpha value is -0.580. The fraction of sp³-hybridized carbons (Fsp3) is 0.500. The second-order valence-corrected chi connectivity index (χ2v) is 6.73. The Balaban J connectivity index is 2.43. The van der Waals surface area contributed by atoms with E-state index in [1.165, 1.54) is 0 Å². The van der Waals surface area contributed by atoms with Gasteiger partial charge in [0, 0.05) is 17.2 Å². The van der Waals surface area contributed by atoms with Crippen LogP contribution in [0.25, 0.3) is 0 Å². The number of hydrogen-bond donors (Lipinski definition) is 2. The van der Waals surface area contributed by atoms with Gasteiger partial charge in [-0.25, -0.2) is 0 Å². The fourth-order valence-corrected chi connectivity index (χ4v) is 3.19. The molecule has 0 bridgehead atoms. The summed E-state index contributed by atoms with van der Waals surface area (Å²) in [6.45, 7) is 4.38. The molecule has 0 saturated heterocycles. The standard InChI is InChI=1S/C14H20Cl2N2OS/c1-3-9(2)8-20-5-4-13(19)18-14-11(16)6-10(15)7-12(14)17/h6-7,9H,3-5,8,17H2,1-2H3,(H,18,19). The van der Waals surface area contributed by atoms with Crippen LogP contribution in [0.5, 0.6) is 0 Å². The monoisotopic (exact) mass is 334 g/mol. The number of hydrogen-bond acceptors (Lipinski definition) is 3. The average molecular weight is 335 g/mol. The van der Waals surface area contributed by atoms with Crippen molar-refractivity contribution in [2.75, 3.05) is 22.6 Å². The van der Waals surface area contributed by atoms with Crippen LogP contribution in [0.1, 0.15) is 26.7 Å². The van der Waals surface area contributed by atoms with Crippen molar-refractivity contribution in [2.45, 2.75) is 26.7 Å². The number of nitrogen functional groups attached to an aromatic ring is 1. The molecule has 0 fully saturated rings. The molecule has 1 unspecified atom stereocenters. The van der Waals surface area contributed by atoms with E-state index in [2.05, 4.69) is 19.2 Å². The van der Waals surface area contributed by atoms with Crippen molar-refractivity contribution < 1.29 is 4.79 Å². The number of rotatable bonds is 7. The number of benzene rings is 1. The summed E-state index contributed by atoms with van der Waals surface area (Å²) in [6, 6.07) is 3.13. The molecule has 0 aromatic heterocycles. The summed E-state index contributed by atoms with van der Waals surface area (Å²) in [5.41, 5.74) is 6.61. The topological polar surface area (TPSA) is 55.1 Å². The maximum atomic E-state index is 11.8. The van der Waals surface area contributed by atoms with Gasteiger partial charge < -0.3 is 11.1 Å². The first-order valence-corrected chi connectivity index (χ1v) is 8.47. The highest BCUT2D eigenvalue weighted by Gasteiger charge is 2.10. The minimum atomic E-state index is -0.0856. The summed E-state index contributed by atoms with van der Waals surface area (Å²) in [4.78, 5) is 11.8. The molecule has 0 radical (unpaired) electrons. The smallest absolute Gasteiger partial charge is 0.225 e. The Morgan fingerprint density at radius 3 is 2.75 bits per heavy atom. The van der Waals surface area contributed by atoms with Gasteiger partial charge in [0.25, 0.3) is 0 Å². The van der Waals surface area contributed by atoms with E-state index in [0.29, 0.717) is 33.8 Å². The third-order valence-corrected chi connectivity index (χ3v) is 4.74. The zero-order valence-corrected chi connectivity index (χ0v) is 14.0. The van der Waals surface area contributed by atoms with E-state index >= 15 is 0 Å². The minimum absolute atomic E-state index is 0.0856. The maximum Gasteiger partial charge on any atom is 0.225 e. The molecule has 1 aromatic rings. The number of thioether (sulfide) groups is 1. The van der Waals surface area contributed by atoms with Crippen molar-refractivity contribution in [3.63, 3.8) is 0 Å². The van der Waals surface area contributed by atoms with E-state index in [1.54, 1.807) is 23.9 Å². The molecule has 0 spiro atoms. The Kier molecular flexibility index (Phi) is 7.56. The fourth-order valence-electron chi connectivity index (χ4n) is 1.49. The molecule has 1 aromatic carbocycles. The highest BCUT2D eigenvalue weighted by atomic mass is 35.5. The molecule has 0 aliphatic rings. The lowest BCUT2D eigenvalue weighted by Crippen LogP contribution is -2.14.